The van der Waals surface area contributed by atoms with E-state index in [0.29, 0.717) is 17.9 Å². The molecule has 1 aliphatic carbocycles. The van der Waals surface area contributed by atoms with Gasteiger partial charge in [-0.25, -0.2) is 4.79 Å². The van der Waals surface area contributed by atoms with E-state index in [1.165, 1.54) is 25.3 Å². The molecule has 2 rings (SSSR count). The zero-order valence-corrected chi connectivity index (χ0v) is 11.9. The highest BCUT2D eigenvalue weighted by atomic mass is 35.5. The van der Waals surface area contributed by atoms with Crippen LogP contribution in [0.1, 0.15) is 12.8 Å². The average Bonchev–Trinajstić information content (AvgIpc) is 2.47. The number of rotatable bonds is 4. The van der Waals surface area contributed by atoms with Crippen LogP contribution in [0, 0.1) is 10.1 Å². The van der Waals surface area contributed by atoms with Crippen molar-refractivity contribution in [3.8, 4) is 5.75 Å². The molecule has 0 N–H and O–H groups in total. The Morgan fingerprint density at radius 1 is 1.33 bits per heavy atom. The summed E-state index contributed by atoms with van der Waals surface area (Å²) in [4.78, 5) is 22.1. The molecule has 110 valence electrons. The van der Waals surface area contributed by atoms with Crippen LogP contribution in [-0.2, 0) is 9.53 Å². The maximum absolute atomic E-state index is 11.7. The predicted octanol–water partition coefficient (Wildman–Crippen LogP) is 3.40. The van der Waals surface area contributed by atoms with Gasteiger partial charge in [0.15, 0.2) is 0 Å². The lowest BCUT2D eigenvalue weighted by Crippen LogP contribution is -2.13. The Hall–Kier alpha value is -2.34. The van der Waals surface area contributed by atoms with Gasteiger partial charge in [-0.05, 0) is 25.0 Å². The number of hydrogen-bond acceptors (Lipinski definition) is 5. The van der Waals surface area contributed by atoms with Gasteiger partial charge in [-0.3, -0.25) is 10.1 Å². The highest BCUT2D eigenvalue weighted by Crippen LogP contribution is 2.33. The molecule has 7 heteroatoms. The first-order valence-corrected chi connectivity index (χ1v) is 6.51. The van der Waals surface area contributed by atoms with E-state index in [0.717, 1.165) is 0 Å². The smallest absolute Gasteiger partial charge is 0.341 e. The van der Waals surface area contributed by atoms with Crippen molar-refractivity contribution < 1.29 is 19.2 Å². The SMILES string of the molecule is COC(=O)C1=CCCC=C1Oc1cc(Cl)ccc1[N+](=O)[O-]. The number of ether oxygens (including phenoxy) is 2. The Balaban J connectivity index is 2.35. The fourth-order valence-corrected chi connectivity index (χ4v) is 2.04. The maximum Gasteiger partial charge on any atom is 0.341 e. The molecule has 1 aromatic rings. The van der Waals surface area contributed by atoms with E-state index in [1.54, 1.807) is 12.2 Å². The highest BCUT2D eigenvalue weighted by Gasteiger charge is 2.23. The lowest BCUT2D eigenvalue weighted by molar-refractivity contribution is -0.385. The number of hydrogen-bond donors (Lipinski definition) is 0. The van der Waals surface area contributed by atoms with E-state index in [9.17, 15) is 14.9 Å². The molecular formula is C14H12ClNO5. The van der Waals surface area contributed by atoms with Crippen molar-refractivity contribution in [3.63, 3.8) is 0 Å². The summed E-state index contributed by atoms with van der Waals surface area (Å²) in [5.41, 5.74) is 0.0214. The number of esters is 1. The minimum Gasteiger partial charge on any atom is -0.465 e. The molecule has 0 radical (unpaired) electrons. The molecule has 6 nitrogen and oxygen atoms in total. The van der Waals surface area contributed by atoms with Gasteiger partial charge in [0, 0.05) is 17.2 Å². The lowest BCUT2D eigenvalue weighted by atomic mass is 10.1. The summed E-state index contributed by atoms with van der Waals surface area (Å²) in [6, 6.07) is 3.99. The van der Waals surface area contributed by atoms with Gasteiger partial charge in [0.05, 0.1) is 17.6 Å². The zero-order valence-electron chi connectivity index (χ0n) is 11.2. The summed E-state index contributed by atoms with van der Waals surface area (Å²) in [5.74, 6) is -0.334. The molecule has 1 aliphatic rings. The number of nitro groups is 1. The predicted molar refractivity (Wildman–Crippen MR) is 76.2 cm³/mol. The molecule has 0 aromatic heterocycles. The second-order valence-electron chi connectivity index (χ2n) is 4.23. The number of methoxy groups -OCH3 is 1. The highest BCUT2D eigenvalue weighted by molar-refractivity contribution is 6.30. The number of benzene rings is 1. The molecule has 0 heterocycles. The molecule has 0 bridgehead atoms. The van der Waals surface area contributed by atoms with Crippen LogP contribution in [0.15, 0.2) is 41.7 Å². The van der Waals surface area contributed by atoms with Crippen molar-refractivity contribution in [1.82, 2.24) is 0 Å². The van der Waals surface area contributed by atoms with E-state index in [1.807, 2.05) is 0 Å². The third-order valence-electron chi connectivity index (χ3n) is 2.85. The van der Waals surface area contributed by atoms with Gasteiger partial charge < -0.3 is 9.47 Å². The van der Waals surface area contributed by atoms with Crippen LogP contribution in [0.2, 0.25) is 5.02 Å². The summed E-state index contributed by atoms with van der Waals surface area (Å²) in [5, 5.41) is 11.3. The summed E-state index contributed by atoms with van der Waals surface area (Å²) in [6.45, 7) is 0. The Kier molecular flexibility index (Phi) is 4.59. The number of carbonyl (C=O) groups excluding carboxylic acids is 1. The number of carbonyl (C=O) groups is 1. The van der Waals surface area contributed by atoms with Gasteiger partial charge in [-0.2, -0.15) is 0 Å². The lowest BCUT2D eigenvalue weighted by Gasteiger charge is -2.15. The maximum atomic E-state index is 11.7. The van der Waals surface area contributed by atoms with E-state index in [-0.39, 0.29) is 22.8 Å². The molecule has 0 spiro atoms. The fourth-order valence-electron chi connectivity index (χ4n) is 1.88. The minimum absolute atomic E-state index is 0.0181. The Labute approximate surface area is 125 Å². The molecular weight excluding hydrogens is 298 g/mol. The quantitative estimate of drug-likeness (QED) is 0.484. The van der Waals surface area contributed by atoms with E-state index in [2.05, 4.69) is 4.74 Å². The van der Waals surface area contributed by atoms with Crippen molar-refractivity contribution in [1.29, 1.82) is 0 Å². The summed E-state index contributed by atoms with van der Waals surface area (Å²) in [6.07, 6.45) is 4.72. The molecule has 0 unspecified atom stereocenters. The Morgan fingerprint density at radius 2 is 2.05 bits per heavy atom. The van der Waals surface area contributed by atoms with Crippen LogP contribution in [0.25, 0.3) is 0 Å². The van der Waals surface area contributed by atoms with Gasteiger partial charge in [0.2, 0.25) is 5.75 Å². The zero-order chi connectivity index (χ0) is 15.4. The van der Waals surface area contributed by atoms with Crippen molar-refractivity contribution in [3.05, 3.63) is 56.8 Å². The number of nitrogens with zero attached hydrogens (tertiary/aromatic N) is 1. The standard InChI is InChI=1S/C14H12ClNO5/c1-20-14(17)10-4-2-3-5-12(10)21-13-8-9(15)6-7-11(13)16(18)19/h4-8H,2-3H2,1H3. The third-order valence-corrected chi connectivity index (χ3v) is 3.09. The second kappa shape index (κ2) is 6.41. The largest absolute Gasteiger partial charge is 0.465 e. The summed E-state index contributed by atoms with van der Waals surface area (Å²) in [7, 11) is 1.26. The minimum atomic E-state index is -0.573. The van der Waals surface area contributed by atoms with Gasteiger partial charge in [0.1, 0.15) is 5.76 Å². The van der Waals surface area contributed by atoms with Crippen molar-refractivity contribution in [2.24, 2.45) is 0 Å². The van der Waals surface area contributed by atoms with Gasteiger partial charge in [-0.15, -0.1) is 0 Å². The monoisotopic (exact) mass is 309 g/mol. The first-order valence-electron chi connectivity index (χ1n) is 6.13. The average molecular weight is 310 g/mol. The van der Waals surface area contributed by atoms with Crippen LogP contribution < -0.4 is 4.74 Å². The fraction of sp³-hybridized carbons (Fsp3) is 0.214. The first-order chi connectivity index (χ1) is 10.0. The molecule has 1 aromatic carbocycles. The van der Waals surface area contributed by atoms with Crippen LogP contribution in [-0.4, -0.2) is 18.0 Å². The number of nitro benzene ring substituents is 1. The van der Waals surface area contributed by atoms with E-state index >= 15 is 0 Å². The second-order valence-corrected chi connectivity index (χ2v) is 4.66. The third kappa shape index (κ3) is 3.41. The van der Waals surface area contributed by atoms with Crippen molar-refractivity contribution in [2.75, 3.05) is 7.11 Å². The van der Waals surface area contributed by atoms with E-state index < -0.39 is 10.9 Å². The summed E-state index contributed by atoms with van der Waals surface area (Å²) < 4.78 is 10.2. The number of allylic oxidation sites excluding steroid dienone is 2. The van der Waals surface area contributed by atoms with Crippen molar-refractivity contribution >= 4 is 23.3 Å². The molecule has 0 saturated heterocycles. The van der Waals surface area contributed by atoms with Gasteiger partial charge in [-0.1, -0.05) is 17.7 Å². The van der Waals surface area contributed by atoms with E-state index in [4.69, 9.17) is 16.3 Å². The molecule has 0 aliphatic heterocycles. The summed E-state index contributed by atoms with van der Waals surface area (Å²) >= 11 is 5.84. The van der Waals surface area contributed by atoms with Crippen LogP contribution in [0.4, 0.5) is 5.69 Å². The molecule has 0 saturated carbocycles. The van der Waals surface area contributed by atoms with Gasteiger partial charge >= 0.3 is 11.7 Å². The van der Waals surface area contributed by atoms with Crippen LogP contribution in [0.5, 0.6) is 5.75 Å². The Bertz CT molecular complexity index is 651. The van der Waals surface area contributed by atoms with Crippen molar-refractivity contribution in [2.45, 2.75) is 12.8 Å². The van der Waals surface area contributed by atoms with Crippen LogP contribution in [0.3, 0.4) is 0 Å². The van der Waals surface area contributed by atoms with Crippen LogP contribution >= 0.6 is 11.6 Å². The number of halogens is 1. The molecule has 21 heavy (non-hydrogen) atoms. The topological polar surface area (TPSA) is 78.7 Å². The molecule has 0 fully saturated rings. The molecule has 0 amide bonds. The normalized spacial score (nSPS) is 14.0. The molecule has 0 atom stereocenters. The Morgan fingerprint density at radius 3 is 2.71 bits per heavy atom. The van der Waals surface area contributed by atoms with Gasteiger partial charge in [0.25, 0.3) is 0 Å². The first kappa shape index (κ1) is 15.1.